The van der Waals surface area contributed by atoms with Crippen LogP contribution in [0.4, 0.5) is 0 Å². The van der Waals surface area contributed by atoms with Gasteiger partial charge in [0.2, 0.25) is 0 Å². The number of hydrogen-bond donors (Lipinski definition) is 1. The number of halogens is 1. The fraction of sp³-hybridized carbons (Fsp3) is 0.435. The molecule has 30 heavy (non-hydrogen) atoms. The lowest BCUT2D eigenvalue weighted by atomic mass is 10.0. The lowest BCUT2D eigenvalue weighted by Gasteiger charge is -2.35. The van der Waals surface area contributed by atoms with E-state index in [4.69, 9.17) is 9.47 Å². The molecule has 162 valence electrons. The molecule has 1 unspecified atom stereocenters. The molecule has 1 N–H and O–H groups in total. The molecule has 1 aliphatic rings. The van der Waals surface area contributed by atoms with Gasteiger partial charge >= 0.3 is 0 Å². The molecule has 1 saturated heterocycles. The zero-order chi connectivity index (χ0) is 21.5. The van der Waals surface area contributed by atoms with Gasteiger partial charge in [-0.25, -0.2) is 0 Å². The van der Waals surface area contributed by atoms with Crippen LogP contribution < -0.4 is 14.8 Å². The van der Waals surface area contributed by atoms with Gasteiger partial charge in [-0.15, -0.1) is 0 Å². The zero-order valence-electron chi connectivity index (χ0n) is 17.9. The third kappa shape index (κ3) is 5.74. The van der Waals surface area contributed by atoms with Gasteiger partial charge in [-0.2, -0.15) is 0 Å². The number of likely N-dealkylation sites (N-methyl/N-ethyl adjacent to an activating group) is 1. The SMILES string of the molecule is CCOc1c(Br)cc(C(=O)NC(CN2CCN(C)CC2)c2ccccc2)cc1OC. The third-order valence-corrected chi connectivity index (χ3v) is 5.91. The maximum Gasteiger partial charge on any atom is 0.251 e. The third-order valence-electron chi connectivity index (χ3n) is 5.32. The highest BCUT2D eigenvalue weighted by Crippen LogP contribution is 2.36. The first-order chi connectivity index (χ1) is 14.5. The van der Waals surface area contributed by atoms with E-state index >= 15 is 0 Å². The van der Waals surface area contributed by atoms with Crippen LogP contribution in [0, 0.1) is 0 Å². The molecular formula is C23H30BrN3O3. The normalized spacial score (nSPS) is 16.1. The van der Waals surface area contributed by atoms with Crippen LogP contribution in [-0.4, -0.2) is 69.2 Å². The minimum Gasteiger partial charge on any atom is -0.493 e. The summed E-state index contributed by atoms with van der Waals surface area (Å²) in [4.78, 5) is 17.9. The molecule has 0 aromatic heterocycles. The minimum atomic E-state index is -0.139. The summed E-state index contributed by atoms with van der Waals surface area (Å²) in [5.74, 6) is 1.00. The van der Waals surface area contributed by atoms with Crippen LogP contribution >= 0.6 is 15.9 Å². The first-order valence-electron chi connectivity index (χ1n) is 10.3. The second-order valence-electron chi connectivity index (χ2n) is 7.46. The molecule has 1 amide bonds. The van der Waals surface area contributed by atoms with E-state index in [1.54, 1.807) is 19.2 Å². The number of methoxy groups -OCH3 is 1. The molecule has 7 heteroatoms. The molecule has 3 rings (SSSR count). The Morgan fingerprint density at radius 2 is 1.87 bits per heavy atom. The zero-order valence-corrected chi connectivity index (χ0v) is 19.4. The smallest absolute Gasteiger partial charge is 0.251 e. The van der Waals surface area contributed by atoms with Gasteiger partial charge in [-0.1, -0.05) is 30.3 Å². The van der Waals surface area contributed by atoms with Crippen molar-refractivity contribution in [2.45, 2.75) is 13.0 Å². The molecule has 0 bridgehead atoms. The Kier molecular flexibility index (Phi) is 8.13. The van der Waals surface area contributed by atoms with Gasteiger partial charge in [0.25, 0.3) is 5.91 Å². The summed E-state index contributed by atoms with van der Waals surface area (Å²) < 4.78 is 11.8. The number of carbonyl (C=O) groups is 1. The standard InChI is InChI=1S/C23H30BrN3O3/c1-4-30-22-19(24)14-18(15-21(22)29-3)23(28)25-20(17-8-6-5-7-9-17)16-27-12-10-26(2)11-13-27/h5-9,14-15,20H,4,10-13,16H2,1-3H3,(H,25,28). The average molecular weight is 476 g/mol. The Bertz CT molecular complexity index is 839. The Labute approximate surface area is 187 Å². The minimum absolute atomic E-state index is 0.0987. The first-order valence-corrected chi connectivity index (χ1v) is 11.1. The summed E-state index contributed by atoms with van der Waals surface area (Å²) in [6, 6.07) is 13.5. The summed E-state index contributed by atoms with van der Waals surface area (Å²) in [7, 11) is 3.72. The number of amides is 1. The summed E-state index contributed by atoms with van der Waals surface area (Å²) in [6.07, 6.45) is 0. The highest BCUT2D eigenvalue weighted by atomic mass is 79.9. The molecule has 6 nitrogen and oxygen atoms in total. The molecule has 0 aliphatic carbocycles. The van der Waals surface area contributed by atoms with Crippen molar-refractivity contribution in [3.63, 3.8) is 0 Å². The van der Waals surface area contributed by atoms with Crippen molar-refractivity contribution < 1.29 is 14.3 Å². The number of piperazine rings is 1. The lowest BCUT2D eigenvalue weighted by Crippen LogP contribution is -2.47. The number of nitrogens with one attached hydrogen (secondary N) is 1. The van der Waals surface area contributed by atoms with E-state index in [0.717, 1.165) is 38.3 Å². The van der Waals surface area contributed by atoms with Crippen LogP contribution in [0.15, 0.2) is 46.9 Å². The molecular weight excluding hydrogens is 446 g/mol. The second-order valence-corrected chi connectivity index (χ2v) is 8.32. The monoisotopic (exact) mass is 475 g/mol. The Morgan fingerprint density at radius 3 is 2.50 bits per heavy atom. The molecule has 1 heterocycles. The molecule has 0 radical (unpaired) electrons. The number of hydrogen-bond acceptors (Lipinski definition) is 5. The maximum atomic E-state index is 13.2. The molecule has 2 aromatic carbocycles. The topological polar surface area (TPSA) is 54.0 Å². The molecule has 0 saturated carbocycles. The average Bonchev–Trinajstić information content (AvgIpc) is 2.76. The fourth-order valence-electron chi connectivity index (χ4n) is 3.59. The number of benzene rings is 2. The van der Waals surface area contributed by atoms with Gasteiger partial charge in [-0.3, -0.25) is 9.69 Å². The van der Waals surface area contributed by atoms with Crippen LogP contribution in [0.2, 0.25) is 0 Å². The molecule has 0 spiro atoms. The second kappa shape index (κ2) is 10.8. The van der Waals surface area contributed by atoms with Crippen molar-refractivity contribution in [3.8, 4) is 11.5 Å². The van der Waals surface area contributed by atoms with Crippen LogP contribution in [0.3, 0.4) is 0 Å². The Balaban J connectivity index is 1.80. The van der Waals surface area contributed by atoms with Crippen LogP contribution in [0.5, 0.6) is 11.5 Å². The highest BCUT2D eigenvalue weighted by molar-refractivity contribution is 9.10. The van der Waals surface area contributed by atoms with Crippen LogP contribution in [-0.2, 0) is 0 Å². The van der Waals surface area contributed by atoms with Gasteiger partial charge in [-0.05, 0) is 47.6 Å². The van der Waals surface area contributed by atoms with Crippen molar-refractivity contribution in [2.75, 3.05) is 53.5 Å². The van der Waals surface area contributed by atoms with Gasteiger partial charge in [0.15, 0.2) is 11.5 Å². The van der Waals surface area contributed by atoms with Gasteiger partial charge < -0.3 is 19.7 Å². The number of rotatable bonds is 8. The number of ether oxygens (including phenoxy) is 2. The fourth-order valence-corrected chi connectivity index (χ4v) is 4.14. The van der Waals surface area contributed by atoms with E-state index < -0.39 is 0 Å². The maximum absolute atomic E-state index is 13.2. The summed E-state index contributed by atoms with van der Waals surface area (Å²) >= 11 is 3.51. The van der Waals surface area contributed by atoms with Gasteiger partial charge in [0.05, 0.1) is 24.2 Å². The summed E-state index contributed by atoms with van der Waals surface area (Å²) in [5.41, 5.74) is 1.63. The Morgan fingerprint density at radius 1 is 1.17 bits per heavy atom. The summed E-state index contributed by atoms with van der Waals surface area (Å²) in [6.45, 7) is 7.28. The van der Waals surface area contributed by atoms with Crippen molar-refractivity contribution in [3.05, 3.63) is 58.1 Å². The Hall–Kier alpha value is -2.09. The van der Waals surface area contributed by atoms with E-state index in [2.05, 4.69) is 50.2 Å². The molecule has 1 atom stereocenters. The number of carbonyl (C=O) groups excluding carboxylic acids is 1. The molecule has 1 aliphatic heterocycles. The predicted octanol–water partition coefficient (Wildman–Crippen LogP) is 3.57. The first kappa shape index (κ1) is 22.6. The van der Waals surface area contributed by atoms with Crippen LogP contribution in [0.1, 0.15) is 28.9 Å². The van der Waals surface area contributed by atoms with Gasteiger partial charge in [0.1, 0.15) is 0 Å². The quantitative estimate of drug-likeness (QED) is 0.632. The van der Waals surface area contributed by atoms with Crippen molar-refractivity contribution in [1.29, 1.82) is 0 Å². The molecule has 2 aromatic rings. The van der Waals surface area contributed by atoms with Crippen LogP contribution in [0.25, 0.3) is 0 Å². The highest BCUT2D eigenvalue weighted by Gasteiger charge is 2.23. The number of nitrogens with zero attached hydrogens (tertiary/aromatic N) is 2. The largest absolute Gasteiger partial charge is 0.493 e. The van der Waals surface area contributed by atoms with E-state index in [1.807, 2.05) is 25.1 Å². The van der Waals surface area contributed by atoms with Crippen molar-refractivity contribution in [1.82, 2.24) is 15.1 Å². The van der Waals surface area contributed by atoms with Crippen molar-refractivity contribution >= 4 is 21.8 Å². The van der Waals surface area contributed by atoms with Gasteiger partial charge in [0, 0.05) is 38.3 Å². The van der Waals surface area contributed by atoms with E-state index in [-0.39, 0.29) is 11.9 Å². The van der Waals surface area contributed by atoms with E-state index in [9.17, 15) is 4.79 Å². The summed E-state index contributed by atoms with van der Waals surface area (Å²) in [5, 5.41) is 3.23. The van der Waals surface area contributed by atoms with E-state index in [1.165, 1.54) is 0 Å². The lowest BCUT2D eigenvalue weighted by molar-refractivity contribution is 0.0906. The molecule has 1 fully saturated rings. The van der Waals surface area contributed by atoms with E-state index in [0.29, 0.717) is 28.1 Å². The van der Waals surface area contributed by atoms with Crippen molar-refractivity contribution in [2.24, 2.45) is 0 Å². The predicted molar refractivity (Wildman–Crippen MR) is 122 cm³/mol.